The average Bonchev–Trinajstić information content (AvgIpc) is 2.33. The second-order valence-corrected chi connectivity index (χ2v) is 5.55. The maximum Gasteiger partial charge on any atom is 0.408 e. The van der Waals surface area contributed by atoms with Gasteiger partial charge in [0.05, 0.1) is 13.2 Å². The van der Waals surface area contributed by atoms with Gasteiger partial charge in [0.25, 0.3) is 0 Å². The molecule has 0 atom stereocenters. The molecule has 0 fully saturated rings. The van der Waals surface area contributed by atoms with Crippen molar-refractivity contribution in [3.63, 3.8) is 0 Å². The zero-order chi connectivity index (χ0) is 15.2. The number of carbonyl (C=O) groups excluding carboxylic acids is 1. The molecule has 2 N–H and O–H groups in total. The van der Waals surface area contributed by atoms with Gasteiger partial charge in [-0.15, -0.1) is 0 Å². The number of nitrogens with one attached hydrogen (secondary N) is 1. The summed E-state index contributed by atoms with van der Waals surface area (Å²) in [5.74, 6) is 5.67. The van der Waals surface area contributed by atoms with Crippen LogP contribution in [0.15, 0.2) is 18.2 Å². The number of alkyl carbamates (subject to hydrolysis) is 1. The first-order valence-electron chi connectivity index (χ1n) is 6.17. The van der Waals surface area contributed by atoms with Crippen molar-refractivity contribution >= 4 is 17.7 Å². The van der Waals surface area contributed by atoms with E-state index in [9.17, 15) is 9.90 Å². The molecule has 0 aromatic heterocycles. The maximum atomic E-state index is 11.4. The van der Waals surface area contributed by atoms with Crippen molar-refractivity contribution in [2.45, 2.75) is 33.0 Å². The van der Waals surface area contributed by atoms with Crippen LogP contribution in [0.3, 0.4) is 0 Å². The van der Waals surface area contributed by atoms with Gasteiger partial charge in [0.1, 0.15) is 5.60 Å². The minimum Gasteiger partial charge on any atom is -0.444 e. The van der Waals surface area contributed by atoms with Crippen LogP contribution in [0.4, 0.5) is 4.79 Å². The molecule has 108 valence electrons. The summed E-state index contributed by atoms with van der Waals surface area (Å²) in [6.07, 6.45) is -0.509. The lowest BCUT2D eigenvalue weighted by molar-refractivity contribution is 0.0535. The zero-order valence-electron chi connectivity index (χ0n) is 11.8. The Balaban J connectivity index is 2.57. The van der Waals surface area contributed by atoms with E-state index < -0.39 is 11.7 Å². The van der Waals surface area contributed by atoms with Crippen molar-refractivity contribution in [1.82, 2.24) is 5.32 Å². The minimum absolute atomic E-state index is 0.135. The second kappa shape index (κ2) is 7.18. The highest BCUT2D eigenvalue weighted by Gasteiger charge is 2.14. The average molecular weight is 296 g/mol. The number of carbonyl (C=O) groups is 1. The third kappa shape index (κ3) is 5.96. The Hall–Kier alpha value is -1.70. The normalized spacial score (nSPS) is 10.4. The van der Waals surface area contributed by atoms with Gasteiger partial charge < -0.3 is 15.2 Å². The van der Waals surface area contributed by atoms with Crippen LogP contribution in [0, 0.1) is 11.8 Å². The molecule has 0 aliphatic carbocycles. The molecule has 0 heterocycles. The molecule has 1 aromatic carbocycles. The standard InChI is InChI=1S/C15H18ClNO3/c1-15(2,3)20-14(19)17-8-4-5-11-6-7-13(16)9-12(11)10-18/h6-7,9,18H,8,10H2,1-3H3,(H,17,19). The molecule has 1 rings (SSSR count). The Bertz CT molecular complexity index is 538. The first kappa shape index (κ1) is 16.4. The summed E-state index contributed by atoms with van der Waals surface area (Å²) < 4.78 is 5.08. The fourth-order valence-corrected chi connectivity index (χ4v) is 1.58. The van der Waals surface area contributed by atoms with Gasteiger partial charge in [0.2, 0.25) is 0 Å². The fourth-order valence-electron chi connectivity index (χ4n) is 1.39. The summed E-state index contributed by atoms with van der Waals surface area (Å²) in [5.41, 5.74) is 0.808. The molecule has 1 amide bonds. The van der Waals surface area contributed by atoms with E-state index in [0.717, 1.165) is 0 Å². The monoisotopic (exact) mass is 295 g/mol. The van der Waals surface area contributed by atoms with Crippen molar-refractivity contribution in [2.75, 3.05) is 6.54 Å². The highest BCUT2D eigenvalue weighted by molar-refractivity contribution is 6.30. The van der Waals surface area contributed by atoms with E-state index >= 15 is 0 Å². The molecular formula is C15H18ClNO3. The van der Waals surface area contributed by atoms with E-state index in [-0.39, 0.29) is 13.2 Å². The number of aliphatic hydroxyl groups is 1. The number of aliphatic hydroxyl groups excluding tert-OH is 1. The Morgan fingerprint density at radius 2 is 2.15 bits per heavy atom. The van der Waals surface area contributed by atoms with Crippen molar-refractivity contribution in [1.29, 1.82) is 0 Å². The first-order valence-corrected chi connectivity index (χ1v) is 6.54. The third-order valence-corrected chi connectivity index (χ3v) is 2.42. The molecule has 4 nitrogen and oxygen atoms in total. The molecule has 0 bridgehead atoms. The fraction of sp³-hybridized carbons (Fsp3) is 0.400. The highest BCUT2D eigenvalue weighted by Crippen LogP contribution is 2.15. The summed E-state index contributed by atoms with van der Waals surface area (Å²) >= 11 is 5.83. The second-order valence-electron chi connectivity index (χ2n) is 5.12. The number of rotatable bonds is 2. The van der Waals surface area contributed by atoms with E-state index in [1.807, 2.05) is 0 Å². The number of amides is 1. The quantitative estimate of drug-likeness (QED) is 0.825. The van der Waals surface area contributed by atoms with Gasteiger partial charge in [-0.25, -0.2) is 4.79 Å². The maximum absolute atomic E-state index is 11.4. The van der Waals surface area contributed by atoms with Crippen LogP contribution < -0.4 is 5.32 Å². The summed E-state index contributed by atoms with van der Waals surface area (Å²) in [7, 11) is 0. The molecule has 5 heteroatoms. The predicted octanol–water partition coefficient (Wildman–Crippen LogP) is 2.71. The number of hydrogen-bond acceptors (Lipinski definition) is 3. The van der Waals surface area contributed by atoms with Crippen molar-refractivity contribution < 1.29 is 14.6 Å². The number of halogens is 1. The Kier molecular flexibility index (Phi) is 5.87. The van der Waals surface area contributed by atoms with E-state index in [1.165, 1.54) is 0 Å². The molecule has 0 unspecified atom stereocenters. The molecule has 0 radical (unpaired) electrons. The van der Waals surface area contributed by atoms with Gasteiger partial charge >= 0.3 is 6.09 Å². The topological polar surface area (TPSA) is 58.6 Å². The van der Waals surface area contributed by atoms with Crippen LogP contribution >= 0.6 is 11.6 Å². The summed E-state index contributed by atoms with van der Waals surface area (Å²) in [5, 5.41) is 12.3. The lowest BCUT2D eigenvalue weighted by Gasteiger charge is -2.19. The molecule has 0 saturated heterocycles. The lowest BCUT2D eigenvalue weighted by atomic mass is 10.1. The van der Waals surface area contributed by atoms with Crippen molar-refractivity contribution in [3.05, 3.63) is 34.3 Å². The molecule has 0 aliphatic heterocycles. The molecule has 0 spiro atoms. The largest absolute Gasteiger partial charge is 0.444 e. The van der Waals surface area contributed by atoms with Gasteiger partial charge in [0, 0.05) is 10.6 Å². The molecular weight excluding hydrogens is 278 g/mol. The van der Waals surface area contributed by atoms with Gasteiger partial charge in [-0.3, -0.25) is 0 Å². The zero-order valence-corrected chi connectivity index (χ0v) is 12.5. The van der Waals surface area contributed by atoms with Crippen molar-refractivity contribution in [3.8, 4) is 11.8 Å². The third-order valence-electron chi connectivity index (χ3n) is 2.18. The van der Waals surface area contributed by atoms with Gasteiger partial charge in [0.15, 0.2) is 0 Å². The lowest BCUT2D eigenvalue weighted by Crippen LogP contribution is -2.32. The molecule has 0 aliphatic rings. The smallest absolute Gasteiger partial charge is 0.408 e. The molecule has 20 heavy (non-hydrogen) atoms. The van der Waals surface area contributed by atoms with Crippen molar-refractivity contribution in [2.24, 2.45) is 0 Å². The number of ether oxygens (including phenoxy) is 1. The minimum atomic E-state index is -0.530. The summed E-state index contributed by atoms with van der Waals surface area (Å²) in [6.45, 7) is 5.41. The molecule has 1 aromatic rings. The first-order chi connectivity index (χ1) is 9.31. The van der Waals surface area contributed by atoms with E-state index in [4.69, 9.17) is 16.3 Å². The number of benzene rings is 1. The van der Waals surface area contributed by atoms with Crippen LogP contribution in [0.1, 0.15) is 31.9 Å². The predicted molar refractivity (Wildman–Crippen MR) is 78.5 cm³/mol. The van der Waals surface area contributed by atoms with Gasteiger partial charge in [-0.05, 0) is 44.5 Å². The number of hydrogen-bond donors (Lipinski definition) is 2. The van der Waals surface area contributed by atoms with Gasteiger partial charge in [-0.1, -0.05) is 23.4 Å². The van der Waals surface area contributed by atoms with E-state index in [0.29, 0.717) is 16.1 Å². The van der Waals surface area contributed by atoms with Crippen LogP contribution in [-0.4, -0.2) is 23.3 Å². The summed E-state index contributed by atoms with van der Waals surface area (Å²) in [6, 6.07) is 5.09. The van der Waals surface area contributed by atoms with Crippen LogP contribution in [0.2, 0.25) is 5.02 Å². The van der Waals surface area contributed by atoms with Gasteiger partial charge in [-0.2, -0.15) is 0 Å². The Morgan fingerprint density at radius 1 is 1.45 bits per heavy atom. The SMILES string of the molecule is CC(C)(C)OC(=O)NCC#Cc1ccc(Cl)cc1CO. The Morgan fingerprint density at radius 3 is 2.75 bits per heavy atom. The van der Waals surface area contributed by atoms with E-state index in [1.54, 1.807) is 39.0 Å². The van der Waals surface area contributed by atoms with Crippen LogP contribution in [0.25, 0.3) is 0 Å². The van der Waals surface area contributed by atoms with E-state index in [2.05, 4.69) is 17.2 Å². The van der Waals surface area contributed by atoms with Crippen LogP contribution in [0.5, 0.6) is 0 Å². The van der Waals surface area contributed by atoms with Crippen LogP contribution in [-0.2, 0) is 11.3 Å². The Labute approximate surface area is 124 Å². The molecule has 0 saturated carbocycles. The highest BCUT2D eigenvalue weighted by atomic mass is 35.5. The summed E-state index contributed by atoms with van der Waals surface area (Å²) in [4.78, 5) is 11.4.